The summed E-state index contributed by atoms with van der Waals surface area (Å²) in [4.78, 5) is 17.2. The summed E-state index contributed by atoms with van der Waals surface area (Å²) in [5, 5.41) is 0. The average Bonchev–Trinajstić information content (AvgIpc) is 3.17. The van der Waals surface area contributed by atoms with Gasteiger partial charge in [0.25, 0.3) is 0 Å². The Morgan fingerprint density at radius 1 is 1.43 bits per heavy atom. The summed E-state index contributed by atoms with van der Waals surface area (Å²) in [7, 11) is 0. The summed E-state index contributed by atoms with van der Waals surface area (Å²) in [6.07, 6.45) is 5.52. The minimum Gasteiger partial charge on any atom is -0.337 e. The molecule has 0 bridgehead atoms. The fourth-order valence-corrected chi connectivity index (χ4v) is 2.37. The van der Waals surface area contributed by atoms with Gasteiger partial charge in [-0.2, -0.15) is 0 Å². The van der Waals surface area contributed by atoms with Crippen LogP contribution in [0.25, 0.3) is 11.2 Å². The highest BCUT2D eigenvalue weighted by Crippen LogP contribution is 2.38. The number of fused-ring (bicyclic) bond motifs is 1. The lowest BCUT2D eigenvalue weighted by Gasteiger charge is -2.08. The topological polar surface area (TPSA) is 58.9 Å². The molecule has 2 aromatic heterocycles. The second kappa shape index (κ2) is 6.60. The molecule has 1 aliphatic rings. The van der Waals surface area contributed by atoms with Gasteiger partial charge in [0.1, 0.15) is 11.3 Å². The average molecular weight is 310 g/mol. The number of hydrogen-bond acceptors (Lipinski definition) is 3. The number of nitrogens with zero attached hydrogens (tertiary/aromatic N) is 4. The largest absolute Gasteiger partial charge is 0.337 e. The summed E-state index contributed by atoms with van der Waals surface area (Å²) in [6, 6.07) is 0. The summed E-state index contributed by atoms with van der Waals surface area (Å²) in [6.45, 7) is 8.22. The van der Waals surface area contributed by atoms with Gasteiger partial charge in [-0.3, -0.25) is 4.99 Å². The summed E-state index contributed by atoms with van der Waals surface area (Å²) in [5.74, 6) is 2.41. The lowest BCUT2D eigenvalue weighted by atomic mass is 10.1. The molecule has 0 saturated heterocycles. The van der Waals surface area contributed by atoms with Crippen molar-refractivity contribution in [2.75, 3.05) is 6.54 Å². The van der Waals surface area contributed by atoms with E-state index in [1.54, 1.807) is 0 Å². The van der Waals surface area contributed by atoms with Crippen molar-refractivity contribution in [2.45, 2.75) is 52.5 Å². The molecule has 0 unspecified atom stereocenters. The van der Waals surface area contributed by atoms with E-state index in [0.29, 0.717) is 11.8 Å². The third-order valence-electron chi connectivity index (χ3n) is 3.74. The van der Waals surface area contributed by atoms with Crippen LogP contribution in [-0.4, -0.2) is 26.1 Å². The van der Waals surface area contributed by atoms with Crippen LogP contribution in [0.15, 0.2) is 11.3 Å². The van der Waals surface area contributed by atoms with E-state index < -0.39 is 0 Å². The zero-order valence-corrected chi connectivity index (χ0v) is 13.8. The Morgan fingerprint density at radius 3 is 2.81 bits per heavy atom. The SMILES string of the molecule is CCN=c1ncn(CCC(C)C)c2nc(C3CC3)[nH]c12.Cl. The van der Waals surface area contributed by atoms with Crippen LogP contribution in [-0.2, 0) is 6.54 Å². The number of rotatable bonds is 5. The third kappa shape index (κ3) is 3.46. The lowest BCUT2D eigenvalue weighted by Crippen LogP contribution is -2.15. The normalized spacial score (nSPS) is 15.7. The van der Waals surface area contributed by atoms with Gasteiger partial charge in [0.2, 0.25) is 0 Å². The van der Waals surface area contributed by atoms with Crippen LogP contribution < -0.4 is 5.49 Å². The van der Waals surface area contributed by atoms with Gasteiger partial charge in [-0.1, -0.05) is 13.8 Å². The van der Waals surface area contributed by atoms with E-state index in [2.05, 4.69) is 33.4 Å². The highest BCUT2D eigenvalue weighted by atomic mass is 35.5. The van der Waals surface area contributed by atoms with E-state index in [4.69, 9.17) is 4.98 Å². The van der Waals surface area contributed by atoms with E-state index in [1.807, 2.05) is 13.3 Å². The number of aryl methyl sites for hydroxylation is 1. The molecule has 0 amide bonds. The van der Waals surface area contributed by atoms with Crippen molar-refractivity contribution in [3.63, 3.8) is 0 Å². The van der Waals surface area contributed by atoms with Crippen LogP contribution in [0, 0.1) is 5.92 Å². The summed E-state index contributed by atoms with van der Waals surface area (Å²) < 4.78 is 2.16. The first-order valence-corrected chi connectivity index (χ1v) is 7.64. The maximum absolute atomic E-state index is 4.80. The van der Waals surface area contributed by atoms with E-state index in [0.717, 1.165) is 42.0 Å². The molecule has 0 aromatic carbocycles. The zero-order valence-electron chi connectivity index (χ0n) is 13.0. The van der Waals surface area contributed by atoms with Crippen LogP contribution in [0.3, 0.4) is 0 Å². The second-order valence-electron chi connectivity index (χ2n) is 6.01. The molecule has 1 fully saturated rings. The van der Waals surface area contributed by atoms with Crippen molar-refractivity contribution in [1.29, 1.82) is 0 Å². The Labute approximate surface area is 131 Å². The smallest absolute Gasteiger partial charge is 0.176 e. The van der Waals surface area contributed by atoms with Gasteiger partial charge >= 0.3 is 0 Å². The molecule has 2 heterocycles. The second-order valence-corrected chi connectivity index (χ2v) is 6.01. The Kier molecular flexibility index (Phi) is 5.04. The van der Waals surface area contributed by atoms with Gasteiger partial charge in [0.15, 0.2) is 11.1 Å². The zero-order chi connectivity index (χ0) is 14.1. The Hall–Kier alpha value is -1.36. The first kappa shape index (κ1) is 16.0. The number of halogens is 1. The van der Waals surface area contributed by atoms with Crippen molar-refractivity contribution >= 4 is 23.6 Å². The first-order valence-electron chi connectivity index (χ1n) is 7.64. The van der Waals surface area contributed by atoms with Gasteiger partial charge < -0.3 is 9.55 Å². The Bertz CT molecular complexity index is 666. The van der Waals surface area contributed by atoms with Crippen LogP contribution in [0.5, 0.6) is 0 Å². The number of nitrogens with one attached hydrogen (secondary N) is 1. The lowest BCUT2D eigenvalue weighted by molar-refractivity contribution is 0.517. The Morgan fingerprint density at radius 2 is 2.19 bits per heavy atom. The van der Waals surface area contributed by atoms with Gasteiger partial charge in [0, 0.05) is 19.0 Å². The summed E-state index contributed by atoms with van der Waals surface area (Å²) in [5.41, 5.74) is 2.80. The predicted molar refractivity (Wildman–Crippen MR) is 86.7 cm³/mol. The molecular weight excluding hydrogens is 286 g/mol. The third-order valence-corrected chi connectivity index (χ3v) is 3.74. The minimum absolute atomic E-state index is 0. The van der Waals surface area contributed by atoms with E-state index in [-0.39, 0.29) is 12.4 Å². The number of aromatic nitrogens is 4. The molecular formula is C15H24ClN5. The van der Waals surface area contributed by atoms with Gasteiger partial charge in [0.05, 0.1) is 6.33 Å². The fraction of sp³-hybridized carbons (Fsp3) is 0.667. The molecule has 1 saturated carbocycles. The number of hydrogen-bond donors (Lipinski definition) is 1. The molecule has 2 aromatic rings. The number of imidazole rings is 1. The van der Waals surface area contributed by atoms with Crippen molar-refractivity contribution in [1.82, 2.24) is 19.5 Å². The molecule has 21 heavy (non-hydrogen) atoms. The van der Waals surface area contributed by atoms with Crippen molar-refractivity contribution in [3.05, 3.63) is 17.6 Å². The minimum atomic E-state index is 0. The highest BCUT2D eigenvalue weighted by molar-refractivity contribution is 5.85. The van der Waals surface area contributed by atoms with E-state index in [1.165, 1.54) is 12.8 Å². The van der Waals surface area contributed by atoms with Crippen molar-refractivity contribution < 1.29 is 0 Å². The monoisotopic (exact) mass is 309 g/mol. The standard InChI is InChI=1S/C15H23N5.ClH/c1-4-16-14-12-15(19-13(18-12)11-5-6-11)20(9-17-14)8-7-10(2)3;/h9-11H,4-8H2,1-3H3,(H,18,19);1H. The van der Waals surface area contributed by atoms with Crippen LogP contribution in [0.1, 0.15) is 51.8 Å². The van der Waals surface area contributed by atoms with Gasteiger partial charge in [-0.25, -0.2) is 9.97 Å². The van der Waals surface area contributed by atoms with Crippen LogP contribution in [0.4, 0.5) is 0 Å². The van der Waals surface area contributed by atoms with E-state index >= 15 is 0 Å². The van der Waals surface area contributed by atoms with Gasteiger partial charge in [-0.15, -0.1) is 12.4 Å². The molecule has 116 valence electrons. The van der Waals surface area contributed by atoms with Gasteiger partial charge in [-0.05, 0) is 32.1 Å². The Balaban J connectivity index is 0.00000161. The van der Waals surface area contributed by atoms with Crippen LogP contribution in [0.2, 0.25) is 0 Å². The molecule has 0 radical (unpaired) electrons. The maximum Gasteiger partial charge on any atom is 0.176 e. The molecule has 5 nitrogen and oxygen atoms in total. The molecule has 3 rings (SSSR count). The molecule has 0 aliphatic heterocycles. The number of aromatic amines is 1. The summed E-state index contributed by atoms with van der Waals surface area (Å²) >= 11 is 0. The maximum atomic E-state index is 4.80. The van der Waals surface area contributed by atoms with E-state index in [9.17, 15) is 0 Å². The molecule has 0 atom stereocenters. The molecule has 0 spiro atoms. The predicted octanol–water partition coefficient (Wildman–Crippen LogP) is 3.03. The quantitative estimate of drug-likeness (QED) is 0.923. The number of H-pyrrole nitrogens is 1. The first-order chi connectivity index (χ1) is 9.69. The molecule has 1 N–H and O–H groups in total. The highest BCUT2D eigenvalue weighted by Gasteiger charge is 2.27. The van der Waals surface area contributed by atoms with Crippen molar-refractivity contribution in [3.8, 4) is 0 Å². The molecule has 6 heteroatoms. The molecule has 1 aliphatic carbocycles. The van der Waals surface area contributed by atoms with Crippen LogP contribution >= 0.6 is 12.4 Å². The fourth-order valence-electron chi connectivity index (χ4n) is 2.37. The van der Waals surface area contributed by atoms with Crippen molar-refractivity contribution in [2.24, 2.45) is 10.9 Å².